The van der Waals surface area contributed by atoms with E-state index in [1.54, 1.807) is 0 Å². The van der Waals surface area contributed by atoms with E-state index in [1.165, 1.54) is 7.11 Å². The SMILES string of the molecule is CO/C=N/C(C(=O)OC)C(=O)OC. The predicted molar refractivity (Wildman–Crippen MR) is 43.3 cm³/mol. The number of nitrogens with zero attached hydrogens (tertiary/aromatic N) is 1. The number of hydrogen-bond donors (Lipinski definition) is 0. The van der Waals surface area contributed by atoms with Crippen LogP contribution in [0.4, 0.5) is 0 Å². The monoisotopic (exact) mass is 189 g/mol. The second-order valence-corrected chi connectivity index (χ2v) is 1.94. The van der Waals surface area contributed by atoms with E-state index in [0.717, 1.165) is 20.6 Å². The van der Waals surface area contributed by atoms with Crippen molar-refractivity contribution in [3.05, 3.63) is 0 Å². The first-order chi connectivity index (χ1) is 6.17. The largest absolute Gasteiger partial charge is 0.487 e. The van der Waals surface area contributed by atoms with Gasteiger partial charge in [-0.3, -0.25) is 0 Å². The van der Waals surface area contributed by atoms with Crippen LogP contribution in [0.1, 0.15) is 0 Å². The van der Waals surface area contributed by atoms with E-state index >= 15 is 0 Å². The lowest BCUT2D eigenvalue weighted by Gasteiger charge is -2.06. The van der Waals surface area contributed by atoms with E-state index < -0.39 is 18.0 Å². The Kier molecular flexibility index (Phi) is 5.25. The molecule has 0 saturated carbocycles. The van der Waals surface area contributed by atoms with Crippen LogP contribution in [0.25, 0.3) is 0 Å². The molecule has 0 bridgehead atoms. The van der Waals surface area contributed by atoms with E-state index in [9.17, 15) is 9.59 Å². The van der Waals surface area contributed by atoms with Crippen molar-refractivity contribution >= 4 is 18.3 Å². The Morgan fingerprint density at radius 2 is 1.62 bits per heavy atom. The second kappa shape index (κ2) is 5.99. The molecule has 0 heterocycles. The van der Waals surface area contributed by atoms with Gasteiger partial charge in [0.15, 0.2) is 6.40 Å². The van der Waals surface area contributed by atoms with Gasteiger partial charge in [-0.15, -0.1) is 0 Å². The third-order valence-electron chi connectivity index (χ3n) is 1.16. The maximum atomic E-state index is 10.9. The van der Waals surface area contributed by atoms with Gasteiger partial charge in [0.25, 0.3) is 0 Å². The fourth-order valence-electron chi connectivity index (χ4n) is 0.563. The standard InChI is InChI=1S/C7H11NO5/c1-11-4-8-5(6(9)12-2)7(10)13-3/h4-5H,1-3H3/b8-4+. The molecule has 0 aromatic rings. The van der Waals surface area contributed by atoms with Crippen LogP contribution in [-0.4, -0.2) is 45.7 Å². The van der Waals surface area contributed by atoms with Gasteiger partial charge in [0.1, 0.15) is 0 Å². The van der Waals surface area contributed by atoms with Gasteiger partial charge >= 0.3 is 11.9 Å². The van der Waals surface area contributed by atoms with E-state index in [-0.39, 0.29) is 0 Å². The first-order valence-electron chi connectivity index (χ1n) is 3.37. The van der Waals surface area contributed by atoms with Crippen molar-refractivity contribution in [1.82, 2.24) is 0 Å². The summed E-state index contributed by atoms with van der Waals surface area (Å²) in [4.78, 5) is 25.3. The predicted octanol–water partition coefficient (Wildman–Crippen LogP) is -0.624. The molecule has 0 fully saturated rings. The molecule has 0 rings (SSSR count). The molecule has 0 spiro atoms. The van der Waals surface area contributed by atoms with Crippen molar-refractivity contribution in [2.24, 2.45) is 4.99 Å². The Balaban J connectivity index is 4.45. The molecule has 0 aliphatic heterocycles. The fourth-order valence-corrected chi connectivity index (χ4v) is 0.563. The van der Waals surface area contributed by atoms with Crippen LogP contribution in [0.2, 0.25) is 0 Å². The topological polar surface area (TPSA) is 74.2 Å². The number of hydrogen-bond acceptors (Lipinski definition) is 6. The average Bonchev–Trinajstić information content (AvgIpc) is 2.17. The zero-order chi connectivity index (χ0) is 10.3. The molecule has 0 N–H and O–H groups in total. The van der Waals surface area contributed by atoms with Crippen molar-refractivity contribution in [2.75, 3.05) is 21.3 Å². The molecule has 0 aliphatic rings. The highest BCUT2D eigenvalue weighted by Gasteiger charge is 2.27. The molecule has 0 saturated heterocycles. The lowest BCUT2D eigenvalue weighted by atomic mass is 10.3. The van der Waals surface area contributed by atoms with Crippen molar-refractivity contribution in [2.45, 2.75) is 6.04 Å². The van der Waals surface area contributed by atoms with Gasteiger partial charge in [0, 0.05) is 0 Å². The second-order valence-electron chi connectivity index (χ2n) is 1.94. The molecule has 0 atom stereocenters. The summed E-state index contributed by atoms with van der Waals surface area (Å²) in [5.74, 6) is -1.58. The van der Waals surface area contributed by atoms with Gasteiger partial charge in [-0.2, -0.15) is 0 Å². The third kappa shape index (κ3) is 3.55. The van der Waals surface area contributed by atoms with Gasteiger partial charge in [-0.1, -0.05) is 0 Å². The highest BCUT2D eigenvalue weighted by molar-refractivity contribution is 6.00. The first kappa shape index (κ1) is 11.4. The highest BCUT2D eigenvalue weighted by Crippen LogP contribution is 1.96. The summed E-state index contributed by atoms with van der Waals surface area (Å²) in [6.07, 6.45) is 0.971. The van der Waals surface area contributed by atoms with Crippen molar-refractivity contribution < 1.29 is 23.8 Å². The van der Waals surface area contributed by atoms with Crippen molar-refractivity contribution in [1.29, 1.82) is 0 Å². The van der Waals surface area contributed by atoms with Gasteiger partial charge < -0.3 is 14.2 Å². The van der Waals surface area contributed by atoms with E-state index in [1.807, 2.05) is 0 Å². The molecule has 0 aromatic carbocycles. The molecule has 6 nitrogen and oxygen atoms in total. The van der Waals surface area contributed by atoms with Crippen molar-refractivity contribution in [3.63, 3.8) is 0 Å². The Labute approximate surface area is 75.5 Å². The van der Waals surface area contributed by atoms with E-state index in [2.05, 4.69) is 19.2 Å². The number of aliphatic imine (C=N–C) groups is 1. The lowest BCUT2D eigenvalue weighted by molar-refractivity contribution is -0.153. The number of methoxy groups -OCH3 is 3. The average molecular weight is 189 g/mol. The summed E-state index contributed by atoms with van der Waals surface area (Å²) in [5.41, 5.74) is 0. The highest BCUT2D eigenvalue weighted by atomic mass is 16.5. The molecule has 74 valence electrons. The third-order valence-corrected chi connectivity index (χ3v) is 1.16. The molecular weight excluding hydrogens is 178 g/mol. The number of ether oxygens (including phenoxy) is 3. The number of carbonyl (C=O) groups is 2. The molecule has 0 radical (unpaired) electrons. The minimum Gasteiger partial charge on any atom is -0.487 e. The van der Waals surface area contributed by atoms with Crippen LogP contribution >= 0.6 is 0 Å². The molecular formula is C7H11NO5. The van der Waals surface area contributed by atoms with Gasteiger partial charge in [0.05, 0.1) is 21.3 Å². The lowest BCUT2D eigenvalue weighted by Crippen LogP contribution is -2.30. The van der Waals surface area contributed by atoms with Crippen LogP contribution in [0.5, 0.6) is 0 Å². The molecule has 13 heavy (non-hydrogen) atoms. The number of rotatable bonds is 4. The Morgan fingerprint density at radius 3 is 1.92 bits per heavy atom. The van der Waals surface area contributed by atoms with Gasteiger partial charge in [-0.25, -0.2) is 14.6 Å². The van der Waals surface area contributed by atoms with Crippen LogP contribution in [-0.2, 0) is 23.8 Å². The minimum atomic E-state index is -1.31. The van der Waals surface area contributed by atoms with Crippen LogP contribution < -0.4 is 0 Å². The zero-order valence-corrected chi connectivity index (χ0v) is 7.64. The molecule has 0 aliphatic carbocycles. The summed E-state index contributed by atoms with van der Waals surface area (Å²) in [7, 11) is 3.65. The molecule has 0 amide bonds. The summed E-state index contributed by atoms with van der Waals surface area (Å²) in [6, 6.07) is -1.31. The smallest absolute Gasteiger partial charge is 0.342 e. The maximum absolute atomic E-state index is 10.9. The normalized spacial score (nSPS) is 10.2. The summed E-state index contributed by atoms with van der Waals surface area (Å²) in [6.45, 7) is 0. The fraction of sp³-hybridized carbons (Fsp3) is 0.571. The molecule has 0 unspecified atom stereocenters. The summed E-state index contributed by atoms with van der Waals surface area (Å²) in [5, 5.41) is 0. The Bertz CT molecular complexity index is 197. The van der Waals surface area contributed by atoms with Gasteiger partial charge in [0.2, 0.25) is 6.04 Å². The Hall–Kier alpha value is -1.59. The van der Waals surface area contributed by atoms with Crippen LogP contribution in [0, 0.1) is 0 Å². The summed E-state index contributed by atoms with van der Waals surface area (Å²) >= 11 is 0. The van der Waals surface area contributed by atoms with Crippen LogP contribution in [0.3, 0.4) is 0 Å². The quantitative estimate of drug-likeness (QED) is 0.255. The summed E-state index contributed by atoms with van der Waals surface area (Å²) < 4.78 is 13.1. The van der Waals surface area contributed by atoms with Crippen molar-refractivity contribution in [3.8, 4) is 0 Å². The van der Waals surface area contributed by atoms with Gasteiger partial charge in [-0.05, 0) is 0 Å². The number of esters is 2. The Morgan fingerprint density at radius 1 is 1.15 bits per heavy atom. The first-order valence-corrected chi connectivity index (χ1v) is 3.37. The van der Waals surface area contributed by atoms with Crippen LogP contribution in [0.15, 0.2) is 4.99 Å². The zero-order valence-electron chi connectivity index (χ0n) is 7.64. The number of carbonyl (C=O) groups excluding carboxylic acids is 2. The van der Waals surface area contributed by atoms with E-state index in [4.69, 9.17) is 0 Å². The molecule has 0 aromatic heterocycles. The minimum absolute atomic E-state index is 0.792. The van der Waals surface area contributed by atoms with E-state index in [0.29, 0.717) is 0 Å². The maximum Gasteiger partial charge on any atom is 0.342 e. The molecule has 6 heteroatoms.